The Balaban J connectivity index is 2.25. The van der Waals surface area contributed by atoms with Crippen molar-refractivity contribution in [2.75, 3.05) is 30.4 Å². The van der Waals surface area contributed by atoms with Crippen molar-refractivity contribution in [1.82, 2.24) is 0 Å². The highest BCUT2D eigenvalue weighted by Gasteiger charge is 2.16. The number of benzene rings is 2. The molecule has 0 radical (unpaired) electrons. The van der Waals surface area contributed by atoms with Gasteiger partial charge in [0, 0.05) is 24.3 Å². The van der Waals surface area contributed by atoms with Gasteiger partial charge in [0.2, 0.25) is 0 Å². The van der Waals surface area contributed by atoms with E-state index >= 15 is 0 Å². The summed E-state index contributed by atoms with van der Waals surface area (Å²) in [6.45, 7) is 5.34. The number of anilines is 2. The summed E-state index contributed by atoms with van der Waals surface area (Å²) in [5, 5.41) is 12.2. The van der Waals surface area contributed by atoms with E-state index < -0.39 is 5.97 Å². The van der Waals surface area contributed by atoms with Gasteiger partial charge in [0.15, 0.2) is 0 Å². The molecule has 0 unspecified atom stereocenters. The highest BCUT2D eigenvalue weighted by atomic mass is 16.5. The number of amides is 1. The molecule has 2 N–H and O–H groups in total. The maximum absolute atomic E-state index is 12.3. The van der Waals surface area contributed by atoms with E-state index in [1.54, 1.807) is 43.5 Å². The fourth-order valence-corrected chi connectivity index (χ4v) is 2.57. The van der Waals surface area contributed by atoms with Crippen LogP contribution in [0.3, 0.4) is 0 Å². The van der Waals surface area contributed by atoms with Crippen LogP contribution in [0.25, 0.3) is 0 Å². The topological polar surface area (TPSA) is 78.9 Å². The third-order valence-corrected chi connectivity index (χ3v) is 3.94. The number of hydrogen-bond acceptors (Lipinski definition) is 4. The Hall–Kier alpha value is -3.02. The van der Waals surface area contributed by atoms with Crippen LogP contribution in [0, 0.1) is 0 Å². The van der Waals surface area contributed by atoms with Crippen molar-refractivity contribution in [2.45, 2.75) is 13.8 Å². The highest BCUT2D eigenvalue weighted by Crippen LogP contribution is 2.25. The molecule has 0 heterocycles. The molecule has 0 saturated heterocycles. The molecule has 132 valence electrons. The smallest absolute Gasteiger partial charge is 0.337 e. The predicted octanol–water partition coefficient (Wildman–Crippen LogP) is 3.49. The molecule has 0 saturated carbocycles. The van der Waals surface area contributed by atoms with Crippen LogP contribution in [-0.4, -0.2) is 37.2 Å². The van der Waals surface area contributed by atoms with Crippen molar-refractivity contribution in [3.63, 3.8) is 0 Å². The predicted molar refractivity (Wildman–Crippen MR) is 97.9 cm³/mol. The van der Waals surface area contributed by atoms with Gasteiger partial charge in [-0.3, -0.25) is 4.79 Å². The van der Waals surface area contributed by atoms with E-state index in [1.807, 2.05) is 18.7 Å². The molecule has 0 spiro atoms. The monoisotopic (exact) mass is 342 g/mol. The Bertz CT molecular complexity index is 753. The van der Waals surface area contributed by atoms with Crippen molar-refractivity contribution in [3.05, 3.63) is 53.6 Å². The number of nitrogens with zero attached hydrogens (tertiary/aromatic N) is 1. The molecule has 2 aromatic rings. The summed E-state index contributed by atoms with van der Waals surface area (Å²) in [5.41, 5.74) is 1.70. The average molecular weight is 342 g/mol. The zero-order chi connectivity index (χ0) is 18.4. The number of carbonyl (C=O) groups excluding carboxylic acids is 1. The summed E-state index contributed by atoms with van der Waals surface area (Å²) in [6.07, 6.45) is 0. The van der Waals surface area contributed by atoms with Crippen LogP contribution in [0.5, 0.6) is 5.75 Å². The van der Waals surface area contributed by atoms with Crippen LogP contribution in [0.1, 0.15) is 34.6 Å². The van der Waals surface area contributed by atoms with Gasteiger partial charge in [0.25, 0.3) is 5.91 Å². The lowest BCUT2D eigenvalue weighted by Gasteiger charge is -2.23. The first-order chi connectivity index (χ1) is 12.0. The SMILES string of the molecule is CCN(CC)c1ccc(NC(=O)c2ccc(OC)cc2)cc1C(=O)O. The molecule has 2 aromatic carbocycles. The van der Waals surface area contributed by atoms with E-state index in [0.29, 0.717) is 35.8 Å². The number of aromatic carboxylic acids is 1. The minimum atomic E-state index is -1.03. The Morgan fingerprint density at radius 2 is 1.72 bits per heavy atom. The lowest BCUT2D eigenvalue weighted by atomic mass is 10.1. The van der Waals surface area contributed by atoms with Gasteiger partial charge in [0.1, 0.15) is 5.75 Å². The number of rotatable bonds is 7. The molecule has 0 fully saturated rings. The number of carboxylic acid groups (broad SMARTS) is 1. The second-order valence-corrected chi connectivity index (χ2v) is 5.39. The standard InChI is InChI=1S/C19H22N2O4/c1-4-21(5-2)17-11-8-14(12-16(17)19(23)24)20-18(22)13-6-9-15(25-3)10-7-13/h6-12H,4-5H2,1-3H3,(H,20,22)(H,23,24). The molecule has 0 aromatic heterocycles. The Labute approximate surface area is 147 Å². The van der Waals surface area contributed by atoms with E-state index in [2.05, 4.69) is 5.32 Å². The molecular formula is C19H22N2O4. The number of ether oxygens (including phenoxy) is 1. The summed E-state index contributed by atoms with van der Waals surface area (Å²) < 4.78 is 5.06. The minimum Gasteiger partial charge on any atom is -0.497 e. The van der Waals surface area contributed by atoms with Crippen LogP contribution in [-0.2, 0) is 0 Å². The third kappa shape index (κ3) is 4.29. The van der Waals surface area contributed by atoms with Crippen LogP contribution in [0.2, 0.25) is 0 Å². The first-order valence-corrected chi connectivity index (χ1v) is 8.07. The molecule has 1 amide bonds. The zero-order valence-electron chi connectivity index (χ0n) is 14.6. The number of hydrogen-bond donors (Lipinski definition) is 2. The van der Waals surface area contributed by atoms with Gasteiger partial charge in [-0.05, 0) is 56.3 Å². The lowest BCUT2D eigenvalue weighted by Crippen LogP contribution is -2.24. The average Bonchev–Trinajstić information content (AvgIpc) is 2.63. The Kier molecular flexibility index (Phi) is 6.00. The van der Waals surface area contributed by atoms with Crippen LogP contribution in [0.15, 0.2) is 42.5 Å². The van der Waals surface area contributed by atoms with E-state index in [0.717, 1.165) is 0 Å². The Morgan fingerprint density at radius 1 is 1.08 bits per heavy atom. The molecular weight excluding hydrogens is 320 g/mol. The molecule has 0 aliphatic rings. The summed E-state index contributed by atoms with van der Waals surface area (Å²) in [6, 6.07) is 11.6. The zero-order valence-corrected chi connectivity index (χ0v) is 14.6. The van der Waals surface area contributed by atoms with Gasteiger partial charge in [-0.25, -0.2) is 4.79 Å². The quantitative estimate of drug-likeness (QED) is 0.805. The normalized spacial score (nSPS) is 10.2. The lowest BCUT2D eigenvalue weighted by molar-refractivity contribution is 0.0697. The molecule has 2 rings (SSSR count). The van der Waals surface area contributed by atoms with Gasteiger partial charge < -0.3 is 20.1 Å². The fraction of sp³-hybridized carbons (Fsp3) is 0.263. The maximum Gasteiger partial charge on any atom is 0.337 e. The first kappa shape index (κ1) is 18.3. The van der Waals surface area contributed by atoms with Gasteiger partial charge in [-0.1, -0.05) is 0 Å². The van der Waals surface area contributed by atoms with Gasteiger partial charge in [0.05, 0.1) is 18.4 Å². The summed E-state index contributed by atoms with van der Waals surface area (Å²) >= 11 is 0. The van der Waals surface area contributed by atoms with E-state index in [-0.39, 0.29) is 11.5 Å². The molecule has 25 heavy (non-hydrogen) atoms. The molecule has 0 atom stereocenters. The van der Waals surface area contributed by atoms with Crippen molar-refractivity contribution in [2.24, 2.45) is 0 Å². The maximum atomic E-state index is 12.3. The van der Waals surface area contributed by atoms with Crippen LogP contribution >= 0.6 is 0 Å². The fourth-order valence-electron chi connectivity index (χ4n) is 2.57. The van der Waals surface area contributed by atoms with Crippen molar-refractivity contribution < 1.29 is 19.4 Å². The van der Waals surface area contributed by atoms with Crippen LogP contribution in [0.4, 0.5) is 11.4 Å². The minimum absolute atomic E-state index is 0.163. The second kappa shape index (κ2) is 8.19. The van der Waals surface area contributed by atoms with Crippen molar-refractivity contribution in [1.29, 1.82) is 0 Å². The summed E-state index contributed by atoms with van der Waals surface area (Å²) in [5.74, 6) is -0.676. The molecule has 6 heteroatoms. The van der Waals surface area contributed by atoms with E-state index in [9.17, 15) is 14.7 Å². The molecule has 0 aliphatic heterocycles. The van der Waals surface area contributed by atoms with Gasteiger partial charge in [-0.2, -0.15) is 0 Å². The summed E-state index contributed by atoms with van der Waals surface area (Å²) in [4.78, 5) is 25.9. The second-order valence-electron chi connectivity index (χ2n) is 5.39. The molecule has 0 aliphatic carbocycles. The molecule has 6 nitrogen and oxygen atoms in total. The van der Waals surface area contributed by atoms with Crippen molar-refractivity contribution in [3.8, 4) is 5.75 Å². The largest absolute Gasteiger partial charge is 0.497 e. The van der Waals surface area contributed by atoms with E-state index in [4.69, 9.17) is 4.74 Å². The number of nitrogens with one attached hydrogen (secondary N) is 1. The highest BCUT2D eigenvalue weighted by molar-refractivity contribution is 6.05. The number of carboxylic acids is 1. The van der Waals surface area contributed by atoms with Gasteiger partial charge >= 0.3 is 5.97 Å². The van der Waals surface area contributed by atoms with E-state index in [1.165, 1.54) is 6.07 Å². The van der Waals surface area contributed by atoms with Gasteiger partial charge in [-0.15, -0.1) is 0 Å². The van der Waals surface area contributed by atoms with Crippen LogP contribution < -0.4 is 15.0 Å². The number of methoxy groups -OCH3 is 1. The van der Waals surface area contributed by atoms with Crippen molar-refractivity contribution >= 4 is 23.3 Å². The summed E-state index contributed by atoms with van der Waals surface area (Å²) in [7, 11) is 1.56. The first-order valence-electron chi connectivity index (χ1n) is 8.07. The Morgan fingerprint density at radius 3 is 2.24 bits per heavy atom. The number of carbonyl (C=O) groups is 2. The molecule has 0 bridgehead atoms. The third-order valence-electron chi connectivity index (χ3n) is 3.94.